The van der Waals surface area contributed by atoms with Crippen molar-refractivity contribution in [1.82, 2.24) is 5.32 Å². The van der Waals surface area contributed by atoms with Crippen LogP contribution in [0.1, 0.15) is 64.1 Å². The predicted octanol–water partition coefficient (Wildman–Crippen LogP) is 4.49. The lowest BCUT2D eigenvalue weighted by atomic mass is 9.86. The fourth-order valence-corrected chi connectivity index (χ4v) is 2.66. The zero-order valence-corrected chi connectivity index (χ0v) is 13.8. The van der Waals surface area contributed by atoms with Crippen LogP contribution in [0.2, 0.25) is 0 Å². The van der Waals surface area contributed by atoms with Gasteiger partial charge in [0.05, 0.1) is 11.6 Å². The van der Waals surface area contributed by atoms with Gasteiger partial charge in [0.2, 0.25) is 0 Å². The summed E-state index contributed by atoms with van der Waals surface area (Å²) in [6.07, 6.45) is 4.45. The van der Waals surface area contributed by atoms with E-state index in [9.17, 15) is 0 Å². The van der Waals surface area contributed by atoms with Gasteiger partial charge in [-0.25, -0.2) is 0 Å². The van der Waals surface area contributed by atoms with E-state index in [4.69, 9.17) is 4.74 Å². The van der Waals surface area contributed by atoms with Gasteiger partial charge in [-0.2, -0.15) is 0 Å². The van der Waals surface area contributed by atoms with Crippen LogP contribution in [0.4, 0.5) is 0 Å². The molecule has 114 valence electrons. The summed E-state index contributed by atoms with van der Waals surface area (Å²) in [5.41, 5.74) is 2.60. The molecule has 2 unspecified atom stereocenters. The SMILES string of the molecule is CCCNC(c1cccc(CCC)c1)C(C)(CC)OC. The Hall–Kier alpha value is -0.860. The molecule has 1 rings (SSSR count). The van der Waals surface area contributed by atoms with Gasteiger partial charge in [0, 0.05) is 7.11 Å². The smallest absolute Gasteiger partial charge is 0.0841 e. The third-order valence-electron chi connectivity index (χ3n) is 4.20. The van der Waals surface area contributed by atoms with Gasteiger partial charge in [-0.3, -0.25) is 0 Å². The minimum Gasteiger partial charge on any atom is -0.377 e. The second kappa shape index (κ2) is 8.43. The Kier molecular flexibility index (Phi) is 7.25. The van der Waals surface area contributed by atoms with Crippen molar-refractivity contribution in [2.24, 2.45) is 0 Å². The molecule has 0 aliphatic rings. The maximum Gasteiger partial charge on any atom is 0.0841 e. The van der Waals surface area contributed by atoms with Crippen LogP contribution in [0.15, 0.2) is 24.3 Å². The molecule has 2 nitrogen and oxygen atoms in total. The molecule has 20 heavy (non-hydrogen) atoms. The highest BCUT2D eigenvalue weighted by Gasteiger charge is 2.33. The zero-order chi connectivity index (χ0) is 15.0. The largest absolute Gasteiger partial charge is 0.377 e. The summed E-state index contributed by atoms with van der Waals surface area (Å²) < 4.78 is 5.84. The summed E-state index contributed by atoms with van der Waals surface area (Å²) >= 11 is 0. The van der Waals surface area contributed by atoms with Gasteiger partial charge in [-0.15, -0.1) is 0 Å². The highest BCUT2D eigenvalue weighted by Crippen LogP contribution is 2.32. The van der Waals surface area contributed by atoms with Crippen LogP contribution >= 0.6 is 0 Å². The third-order valence-corrected chi connectivity index (χ3v) is 4.20. The van der Waals surface area contributed by atoms with Crippen molar-refractivity contribution < 1.29 is 4.74 Å². The molecular formula is C18H31NO. The second-order valence-electron chi connectivity index (χ2n) is 5.75. The standard InChI is InChI=1S/C18H31NO/c1-6-10-15-11-9-12-16(14-15)17(19-13-7-2)18(4,8-3)20-5/h9,11-12,14,17,19H,6-8,10,13H2,1-5H3. The van der Waals surface area contributed by atoms with E-state index < -0.39 is 0 Å². The molecule has 1 aromatic rings. The van der Waals surface area contributed by atoms with Crippen molar-refractivity contribution in [1.29, 1.82) is 0 Å². The van der Waals surface area contributed by atoms with Crippen LogP contribution < -0.4 is 5.32 Å². The molecule has 0 saturated heterocycles. The normalized spacial score (nSPS) is 15.8. The number of hydrogen-bond donors (Lipinski definition) is 1. The first-order valence-electron chi connectivity index (χ1n) is 7.98. The van der Waals surface area contributed by atoms with E-state index in [-0.39, 0.29) is 11.6 Å². The Morgan fingerprint density at radius 1 is 1.20 bits per heavy atom. The lowest BCUT2D eigenvalue weighted by molar-refractivity contribution is -0.0299. The van der Waals surface area contributed by atoms with Crippen molar-refractivity contribution in [3.8, 4) is 0 Å². The Labute approximate surface area is 124 Å². The van der Waals surface area contributed by atoms with Gasteiger partial charge in [-0.1, -0.05) is 51.5 Å². The first-order valence-corrected chi connectivity index (χ1v) is 7.98. The fraction of sp³-hybridized carbons (Fsp3) is 0.667. The van der Waals surface area contributed by atoms with Gasteiger partial charge in [0.1, 0.15) is 0 Å². The zero-order valence-electron chi connectivity index (χ0n) is 13.8. The van der Waals surface area contributed by atoms with Crippen LogP contribution in [0.25, 0.3) is 0 Å². The van der Waals surface area contributed by atoms with E-state index >= 15 is 0 Å². The topological polar surface area (TPSA) is 21.3 Å². The number of aryl methyl sites for hydroxylation is 1. The first kappa shape index (κ1) is 17.2. The maximum absolute atomic E-state index is 5.84. The minimum absolute atomic E-state index is 0.167. The minimum atomic E-state index is -0.167. The van der Waals surface area contributed by atoms with E-state index in [1.165, 1.54) is 17.5 Å². The average Bonchev–Trinajstić information content (AvgIpc) is 2.48. The van der Waals surface area contributed by atoms with E-state index in [1.54, 1.807) is 0 Å². The quantitative estimate of drug-likeness (QED) is 0.718. The van der Waals surface area contributed by atoms with E-state index in [2.05, 4.69) is 57.3 Å². The highest BCUT2D eigenvalue weighted by molar-refractivity contribution is 5.28. The summed E-state index contributed by atoms with van der Waals surface area (Å²) in [7, 11) is 1.82. The van der Waals surface area contributed by atoms with E-state index in [0.717, 1.165) is 25.8 Å². The lowest BCUT2D eigenvalue weighted by Gasteiger charge is -2.37. The lowest BCUT2D eigenvalue weighted by Crippen LogP contribution is -2.43. The monoisotopic (exact) mass is 277 g/mol. The summed E-state index contributed by atoms with van der Waals surface area (Å²) in [6.45, 7) is 9.84. The van der Waals surface area contributed by atoms with Gasteiger partial charge in [0.15, 0.2) is 0 Å². The maximum atomic E-state index is 5.84. The second-order valence-corrected chi connectivity index (χ2v) is 5.75. The number of methoxy groups -OCH3 is 1. The highest BCUT2D eigenvalue weighted by atomic mass is 16.5. The molecule has 0 spiro atoms. The van der Waals surface area contributed by atoms with Crippen molar-refractivity contribution in [3.05, 3.63) is 35.4 Å². The molecule has 0 aliphatic carbocycles. The van der Waals surface area contributed by atoms with Gasteiger partial charge < -0.3 is 10.1 Å². The molecule has 0 aliphatic heterocycles. The van der Waals surface area contributed by atoms with Crippen LogP contribution in [-0.4, -0.2) is 19.3 Å². The van der Waals surface area contributed by atoms with Crippen LogP contribution in [-0.2, 0) is 11.2 Å². The van der Waals surface area contributed by atoms with Gasteiger partial charge in [-0.05, 0) is 43.9 Å². The summed E-state index contributed by atoms with van der Waals surface area (Å²) in [5, 5.41) is 3.67. The molecular weight excluding hydrogens is 246 g/mol. The van der Waals surface area contributed by atoms with Crippen LogP contribution in [0.5, 0.6) is 0 Å². The molecule has 2 atom stereocenters. The molecule has 0 saturated carbocycles. The van der Waals surface area contributed by atoms with Crippen LogP contribution in [0, 0.1) is 0 Å². The fourth-order valence-electron chi connectivity index (χ4n) is 2.66. The Morgan fingerprint density at radius 3 is 2.50 bits per heavy atom. The molecule has 1 aromatic carbocycles. The number of ether oxygens (including phenoxy) is 1. The first-order chi connectivity index (χ1) is 9.61. The molecule has 0 radical (unpaired) electrons. The number of rotatable bonds is 9. The van der Waals surface area contributed by atoms with Crippen LogP contribution in [0.3, 0.4) is 0 Å². The van der Waals surface area contributed by atoms with Crippen molar-refractivity contribution >= 4 is 0 Å². The molecule has 1 N–H and O–H groups in total. The number of hydrogen-bond acceptors (Lipinski definition) is 2. The molecule has 0 amide bonds. The predicted molar refractivity (Wildman–Crippen MR) is 87.2 cm³/mol. The van der Waals surface area contributed by atoms with E-state index in [0.29, 0.717) is 0 Å². The molecule has 0 aromatic heterocycles. The molecule has 0 fully saturated rings. The third kappa shape index (κ3) is 4.32. The summed E-state index contributed by atoms with van der Waals surface area (Å²) in [5.74, 6) is 0. The van der Waals surface area contributed by atoms with Crippen molar-refractivity contribution in [3.63, 3.8) is 0 Å². The Bertz CT molecular complexity index is 385. The molecule has 0 heterocycles. The summed E-state index contributed by atoms with van der Waals surface area (Å²) in [4.78, 5) is 0. The van der Waals surface area contributed by atoms with Crippen molar-refractivity contribution in [2.45, 2.75) is 65.0 Å². The molecule has 2 heteroatoms. The molecule has 0 bridgehead atoms. The van der Waals surface area contributed by atoms with E-state index in [1.807, 2.05) is 7.11 Å². The Morgan fingerprint density at radius 2 is 1.95 bits per heavy atom. The Balaban J connectivity index is 3.06. The van der Waals surface area contributed by atoms with Crippen molar-refractivity contribution in [2.75, 3.05) is 13.7 Å². The number of benzene rings is 1. The summed E-state index contributed by atoms with van der Waals surface area (Å²) in [6, 6.07) is 9.20. The van der Waals surface area contributed by atoms with Gasteiger partial charge >= 0.3 is 0 Å². The average molecular weight is 277 g/mol. The van der Waals surface area contributed by atoms with Gasteiger partial charge in [0.25, 0.3) is 0 Å². The number of nitrogens with one attached hydrogen (secondary N) is 1.